The van der Waals surface area contributed by atoms with Crippen LogP contribution in [-0.2, 0) is 49.0 Å². The highest BCUT2D eigenvalue weighted by Gasteiger charge is 2.52. The molecule has 0 spiro atoms. The zero-order chi connectivity index (χ0) is 86.8. The molecule has 0 saturated carbocycles. The third kappa shape index (κ3) is 19.3. The fourth-order valence-corrected chi connectivity index (χ4v) is 21.8. The van der Waals surface area contributed by atoms with Crippen molar-refractivity contribution in [1.82, 2.24) is 42.6 Å². The maximum absolute atomic E-state index is 14.8. The number of halogens is 7. The molecule has 0 aliphatic carbocycles. The topological polar surface area (TPSA) is 188 Å². The molecule has 18 nitrogen and oxygen atoms in total. The summed E-state index contributed by atoms with van der Waals surface area (Å²) in [7, 11) is -4.36. The van der Waals surface area contributed by atoms with Crippen molar-refractivity contribution in [1.29, 1.82) is 0 Å². The Hall–Kier alpha value is -9.51. The smallest absolute Gasteiger partial charge is 0.493 e. The SMILES string of the molecule is CC1(C)OB(c2ccc(CN3CCCCC3)s2)OC1(C)C.COc1c(F)cc(F)cc1-c1c[nH]c2ncc(-c3ccc(CN4CCCCC4)s3)cc12.COc1c(F)cc(F)cc1-c1cn(S(=O)(=O)c2ccc(C)cc2)c2ncc(-c3ccc(CN4CCCCC4)s3)cc12.COc1c(F)cc(F)cc1-c1cn(S(=O)(=O)c2ccc(C)cc2)c2ncc(Br)cc12. The molecule has 9 aromatic heterocycles. The number of hydrogen-bond acceptors (Lipinski definition) is 18. The zero-order valence-electron chi connectivity index (χ0n) is 69.5. The predicted octanol–water partition coefficient (Wildman–Crippen LogP) is 21.8. The van der Waals surface area contributed by atoms with Crippen LogP contribution in [0.2, 0.25) is 0 Å². The van der Waals surface area contributed by atoms with Crippen LogP contribution < -0.4 is 19.0 Å². The van der Waals surface area contributed by atoms with Gasteiger partial charge in [0.25, 0.3) is 20.0 Å². The molecule has 0 atom stereocenters. The van der Waals surface area contributed by atoms with Crippen molar-refractivity contribution in [3.63, 3.8) is 0 Å². The number of hydrogen-bond donors (Lipinski definition) is 1. The van der Waals surface area contributed by atoms with Gasteiger partial charge >= 0.3 is 7.12 Å². The number of nitrogens with zero attached hydrogens (tertiary/aromatic N) is 8. The van der Waals surface area contributed by atoms with Gasteiger partial charge < -0.3 is 28.5 Å². The highest BCUT2D eigenvalue weighted by atomic mass is 79.9. The molecule has 4 saturated heterocycles. The number of methoxy groups -OCH3 is 3. The van der Waals surface area contributed by atoms with E-state index in [0.29, 0.717) is 43.6 Å². The minimum Gasteiger partial charge on any atom is -0.493 e. The number of fused-ring (bicyclic) bond motifs is 3. The Kier molecular flexibility index (Phi) is 26.8. The van der Waals surface area contributed by atoms with Crippen LogP contribution in [0.3, 0.4) is 0 Å². The molecule has 18 rings (SSSR count). The summed E-state index contributed by atoms with van der Waals surface area (Å²) < 4.78 is 172. The van der Waals surface area contributed by atoms with Gasteiger partial charge in [-0.1, -0.05) is 60.7 Å². The van der Waals surface area contributed by atoms with Gasteiger partial charge in [0.1, 0.15) is 23.1 Å². The number of pyridine rings is 3. The van der Waals surface area contributed by atoms with Crippen molar-refractivity contribution in [3.05, 3.63) is 242 Å². The van der Waals surface area contributed by atoms with Crippen LogP contribution in [0.25, 0.3) is 87.4 Å². The molecule has 4 fully saturated rings. The average Bonchev–Trinajstić information content (AvgIpc) is 1.62. The molecule has 123 heavy (non-hydrogen) atoms. The molecule has 5 aromatic carbocycles. The Labute approximate surface area is 732 Å². The lowest BCUT2D eigenvalue weighted by Crippen LogP contribution is -2.41. The fraction of sp³-hybridized carbons (Fsp3) is 0.315. The van der Waals surface area contributed by atoms with Crippen molar-refractivity contribution < 1.29 is 66.7 Å². The Morgan fingerprint density at radius 3 is 1.24 bits per heavy atom. The minimum atomic E-state index is -4.08. The summed E-state index contributed by atoms with van der Waals surface area (Å²) >= 11 is 8.58. The second-order valence-corrected chi connectivity index (χ2v) is 40.2. The zero-order valence-corrected chi connectivity index (χ0v) is 75.2. The van der Waals surface area contributed by atoms with Crippen molar-refractivity contribution >= 4 is 115 Å². The Balaban J connectivity index is 0.000000130. The van der Waals surface area contributed by atoms with Crippen LogP contribution >= 0.6 is 49.9 Å². The second-order valence-electron chi connectivity index (χ2n) is 32.1. The van der Waals surface area contributed by atoms with E-state index in [0.717, 1.165) is 102 Å². The summed E-state index contributed by atoms with van der Waals surface area (Å²) in [6.07, 6.45) is 21.0. The quantitative estimate of drug-likeness (QED) is 0.0594. The minimum absolute atomic E-state index is 0.0210. The third-order valence-electron chi connectivity index (χ3n) is 22.9. The Morgan fingerprint density at radius 2 is 0.821 bits per heavy atom. The first kappa shape index (κ1) is 88.4. The van der Waals surface area contributed by atoms with Gasteiger partial charge in [-0.3, -0.25) is 14.7 Å². The van der Waals surface area contributed by atoms with E-state index in [1.807, 2.05) is 49.6 Å². The normalized spacial score (nSPS) is 15.8. The van der Waals surface area contributed by atoms with Crippen LogP contribution in [0.1, 0.15) is 111 Å². The van der Waals surface area contributed by atoms with Crippen LogP contribution in [-0.4, -0.2) is 138 Å². The number of thiophene rings is 3. The van der Waals surface area contributed by atoms with Gasteiger partial charge in [0.05, 0.1) is 42.3 Å². The van der Waals surface area contributed by atoms with Crippen LogP contribution in [0.4, 0.5) is 26.3 Å². The molecule has 0 bridgehead atoms. The van der Waals surface area contributed by atoms with E-state index in [1.165, 1.54) is 174 Å². The van der Waals surface area contributed by atoms with Crippen LogP contribution in [0.5, 0.6) is 17.2 Å². The van der Waals surface area contributed by atoms with E-state index in [9.17, 15) is 43.2 Å². The maximum atomic E-state index is 14.8. The number of aryl methyl sites for hydroxylation is 2. The van der Waals surface area contributed by atoms with E-state index >= 15 is 0 Å². The van der Waals surface area contributed by atoms with E-state index in [4.69, 9.17) is 23.5 Å². The molecule has 1 N–H and O–H groups in total. The molecule has 642 valence electrons. The number of nitrogens with one attached hydrogen (secondary N) is 1. The monoisotopic (exact) mass is 1830 g/mol. The first-order valence-corrected chi connectivity index (χ1v) is 46.8. The highest BCUT2D eigenvalue weighted by molar-refractivity contribution is 9.10. The van der Waals surface area contributed by atoms with Crippen molar-refractivity contribution in [2.45, 2.75) is 140 Å². The van der Waals surface area contributed by atoms with E-state index in [2.05, 4.69) is 109 Å². The number of rotatable bonds is 19. The predicted molar refractivity (Wildman–Crippen MR) is 481 cm³/mol. The van der Waals surface area contributed by atoms with Gasteiger partial charge in [0.15, 0.2) is 46.0 Å². The molecule has 14 aromatic rings. The van der Waals surface area contributed by atoms with E-state index in [-0.39, 0.29) is 73.3 Å². The van der Waals surface area contributed by atoms with E-state index < -0.39 is 54.9 Å². The summed E-state index contributed by atoms with van der Waals surface area (Å²) in [6, 6.07) is 37.0. The summed E-state index contributed by atoms with van der Waals surface area (Å²) in [5, 5.41) is 1.63. The average molecular weight is 1830 g/mol. The lowest BCUT2D eigenvalue weighted by atomic mass is 9.88. The number of piperidine rings is 3. The molecule has 4 aliphatic rings. The fourth-order valence-electron chi connectivity index (χ4n) is 15.8. The maximum Gasteiger partial charge on any atom is 0.505 e. The number of aromatic nitrogens is 6. The number of benzene rings is 5. The number of aromatic amines is 1. The van der Waals surface area contributed by atoms with Gasteiger partial charge in [-0.25, -0.2) is 66.1 Å². The molecule has 0 radical (unpaired) electrons. The molecular weight excluding hydrogens is 1740 g/mol. The highest BCUT2D eigenvalue weighted by Crippen LogP contribution is 2.46. The third-order valence-corrected chi connectivity index (χ3v) is 30.0. The number of ether oxygens (including phenoxy) is 3. The summed E-state index contributed by atoms with van der Waals surface area (Å²) in [5.74, 6) is -5.10. The lowest BCUT2D eigenvalue weighted by Gasteiger charge is -2.32. The Bertz CT molecular complexity index is 6400. The van der Waals surface area contributed by atoms with Gasteiger partial charge in [0.2, 0.25) is 0 Å². The first-order valence-electron chi connectivity index (χ1n) is 40.7. The molecule has 13 heterocycles. The van der Waals surface area contributed by atoms with Crippen LogP contribution in [0, 0.1) is 48.8 Å². The van der Waals surface area contributed by atoms with Gasteiger partial charge in [-0.15, -0.1) is 34.0 Å². The van der Waals surface area contributed by atoms with Gasteiger partial charge in [-0.05, 0) is 226 Å². The number of likely N-dealkylation sites (tertiary alicyclic amines) is 3. The summed E-state index contributed by atoms with van der Waals surface area (Å²) in [4.78, 5) is 30.2. The van der Waals surface area contributed by atoms with Gasteiger partial charge in [0, 0.05) is 169 Å². The molecule has 31 heteroatoms. The molecule has 4 aliphatic heterocycles. The van der Waals surface area contributed by atoms with Crippen molar-refractivity contribution in [2.75, 3.05) is 60.6 Å². The number of H-pyrrole nitrogens is 1. The summed E-state index contributed by atoms with van der Waals surface area (Å²) in [6.45, 7) is 22.1. The standard InChI is InChI=1S/C31H29F2N3O3S2.C24H23F2N3OS.C21H15BrF2N2O3S.C16H26BNO2S/c1-20-6-9-24(10-7-20)41(37,38)36-19-27(25-15-22(32)16-28(33)30(25)39-2)26-14-21(17-34-31(26)36)29-11-8-23(40-29)18-35-12-4-3-5-13-35;1-30-23-18(10-16(25)11-21(23)26)20-13-28-24-19(20)9-15(12-27-24)22-6-5-17(31-22)14-29-7-3-2-4-8-29;1-12-3-5-15(6-4-12)30(27,28)26-11-18(17-7-13(22)10-25-21(17)26)16-8-14(23)9-19(24)20(16)29-2;1-15(2)16(3,4)20-17(19-15)14-9-8-13(21-14)12-18-10-6-5-7-11-18/h6-11,14-17,19H,3-5,12-13,18H2,1-2H3;5-6,9-13H,2-4,7-8,14H2,1H3,(H,27,28);3-11H,1-2H3;8-9H,5-7,10-12H2,1-4H3. The van der Waals surface area contributed by atoms with E-state index in [1.54, 1.807) is 65.4 Å². The van der Waals surface area contributed by atoms with Crippen LogP contribution in [0.15, 0.2) is 191 Å². The van der Waals surface area contributed by atoms with Crippen molar-refractivity contribution in [3.8, 4) is 71.5 Å². The second kappa shape index (κ2) is 37.4. The molecule has 0 amide bonds. The Morgan fingerprint density at radius 1 is 0.447 bits per heavy atom. The van der Waals surface area contributed by atoms with Crippen molar-refractivity contribution in [2.24, 2.45) is 0 Å². The first-order chi connectivity index (χ1) is 58.9. The molecule has 0 unspecified atom stereocenters. The van der Waals surface area contributed by atoms with Gasteiger partial charge in [-0.2, -0.15) is 0 Å². The largest absolute Gasteiger partial charge is 0.505 e. The summed E-state index contributed by atoms with van der Waals surface area (Å²) in [5.41, 5.74) is 5.80. The molecular formula is C92H93BBrF6N9O9S5. The lowest BCUT2D eigenvalue weighted by molar-refractivity contribution is 0.00578.